The third-order valence-corrected chi connectivity index (χ3v) is 0.423. The Bertz CT molecular complexity index is 44.8. The Morgan fingerprint density at radius 1 is 2.00 bits per heavy atom. The molecule has 0 bridgehead atoms. The number of halogens is 1. The van der Waals surface area contributed by atoms with Gasteiger partial charge >= 0.3 is 0 Å². The SMILES string of the molecule is [CH2]CC(F)C=O. The number of alkyl halides is 1. The minimum absolute atomic E-state index is 0.0451. The summed E-state index contributed by atoms with van der Waals surface area (Å²) in [7, 11) is 0. The molecule has 0 spiro atoms. The number of carbonyl (C=O) groups excluding carboxylic acids is 1. The number of aldehydes is 1. The van der Waals surface area contributed by atoms with Crippen LogP contribution in [0.5, 0.6) is 0 Å². The number of hydrogen-bond acceptors (Lipinski definition) is 1. The van der Waals surface area contributed by atoms with Crippen LogP contribution in [0.25, 0.3) is 0 Å². The van der Waals surface area contributed by atoms with Crippen LogP contribution in [0.4, 0.5) is 4.39 Å². The molecule has 0 rings (SSSR count). The summed E-state index contributed by atoms with van der Waals surface area (Å²) >= 11 is 0. The van der Waals surface area contributed by atoms with Crippen LogP contribution in [-0.4, -0.2) is 12.5 Å². The lowest BCUT2D eigenvalue weighted by atomic mass is 10.3. The standard InChI is InChI=1S/C4H6FO/c1-2-4(5)3-6/h3-4H,1-2H2. The molecule has 1 atom stereocenters. The molecule has 6 heavy (non-hydrogen) atoms. The van der Waals surface area contributed by atoms with Crippen LogP contribution < -0.4 is 0 Å². The van der Waals surface area contributed by atoms with Gasteiger partial charge in [0.1, 0.15) is 0 Å². The van der Waals surface area contributed by atoms with Gasteiger partial charge in [0.25, 0.3) is 0 Å². The van der Waals surface area contributed by atoms with Crippen LogP contribution in [-0.2, 0) is 4.79 Å². The van der Waals surface area contributed by atoms with Gasteiger partial charge in [0.2, 0.25) is 0 Å². The molecule has 0 aromatic rings. The fourth-order valence-corrected chi connectivity index (χ4v) is 0.0680. The van der Waals surface area contributed by atoms with Crippen molar-refractivity contribution in [2.24, 2.45) is 0 Å². The maximum atomic E-state index is 11.4. The highest BCUT2D eigenvalue weighted by atomic mass is 19.1. The highest BCUT2D eigenvalue weighted by Crippen LogP contribution is 1.87. The first kappa shape index (κ1) is 5.60. The van der Waals surface area contributed by atoms with Crippen molar-refractivity contribution in [2.45, 2.75) is 12.6 Å². The average Bonchev–Trinajstić information content (AvgIpc) is 1.65. The summed E-state index contributed by atoms with van der Waals surface area (Å²) in [5, 5.41) is 0. The molecule has 1 radical (unpaired) electrons. The van der Waals surface area contributed by atoms with E-state index in [4.69, 9.17) is 0 Å². The molecule has 0 aromatic carbocycles. The summed E-state index contributed by atoms with van der Waals surface area (Å²) in [6.45, 7) is 3.15. The highest BCUT2D eigenvalue weighted by Gasteiger charge is 1.94. The summed E-state index contributed by atoms with van der Waals surface area (Å²) in [6.07, 6.45) is -1.07. The zero-order valence-corrected chi connectivity index (χ0v) is 3.36. The summed E-state index contributed by atoms with van der Waals surface area (Å²) in [5.74, 6) is 0. The van der Waals surface area contributed by atoms with E-state index in [0.717, 1.165) is 0 Å². The van der Waals surface area contributed by atoms with Crippen LogP contribution >= 0.6 is 0 Å². The predicted molar refractivity (Wildman–Crippen MR) is 20.9 cm³/mol. The molecule has 0 saturated heterocycles. The van der Waals surface area contributed by atoms with Gasteiger partial charge in [-0.1, -0.05) is 0 Å². The quantitative estimate of drug-likeness (QED) is 0.456. The molecule has 0 aliphatic rings. The van der Waals surface area contributed by atoms with Crippen molar-refractivity contribution >= 4 is 6.29 Å². The Labute approximate surface area is 36.2 Å². The molecule has 1 unspecified atom stereocenters. The second-order valence-electron chi connectivity index (χ2n) is 0.941. The Morgan fingerprint density at radius 3 is 2.50 bits per heavy atom. The third-order valence-electron chi connectivity index (χ3n) is 0.423. The van der Waals surface area contributed by atoms with Gasteiger partial charge in [0.05, 0.1) is 0 Å². The van der Waals surface area contributed by atoms with Crippen LogP contribution in [0.3, 0.4) is 0 Å². The summed E-state index contributed by atoms with van der Waals surface area (Å²) in [6, 6.07) is 0. The molecule has 0 fully saturated rings. The first-order chi connectivity index (χ1) is 2.81. The monoisotopic (exact) mass is 89.0 g/mol. The predicted octanol–water partition coefficient (Wildman–Crippen LogP) is 0.748. The first-order valence-corrected chi connectivity index (χ1v) is 1.70. The van der Waals surface area contributed by atoms with Crippen LogP contribution in [0.2, 0.25) is 0 Å². The molecule has 0 heterocycles. The lowest BCUT2D eigenvalue weighted by molar-refractivity contribution is -0.111. The van der Waals surface area contributed by atoms with Gasteiger partial charge in [-0.05, 0) is 13.3 Å². The Balaban J connectivity index is 2.96. The van der Waals surface area contributed by atoms with E-state index < -0.39 is 6.17 Å². The lowest BCUT2D eigenvalue weighted by Gasteiger charge is -1.85. The van der Waals surface area contributed by atoms with Crippen LogP contribution in [0.1, 0.15) is 6.42 Å². The molecule has 0 N–H and O–H groups in total. The lowest BCUT2D eigenvalue weighted by Crippen LogP contribution is -1.96. The third kappa shape index (κ3) is 1.88. The van der Waals surface area contributed by atoms with Crippen molar-refractivity contribution in [3.63, 3.8) is 0 Å². The second kappa shape index (κ2) is 2.82. The van der Waals surface area contributed by atoms with E-state index in [1.165, 1.54) is 0 Å². The van der Waals surface area contributed by atoms with E-state index in [1.807, 2.05) is 0 Å². The Kier molecular flexibility index (Phi) is 2.63. The van der Waals surface area contributed by atoms with Gasteiger partial charge in [-0.2, -0.15) is 0 Å². The minimum atomic E-state index is -1.36. The highest BCUT2D eigenvalue weighted by molar-refractivity contribution is 5.55. The fraction of sp³-hybridized carbons (Fsp3) is 0.500. The van der Waals surface area contributed by atoms with Crippen LogP contribution in [0.15, 0.2) is 0 Å². The maximum Gasteiger partial charge on any atom is 0.155 e. The van der Waals surface area contributed by atoms with E-state index in [1.54, 1.807) is 0 Å². The number of rotatable bonds is 2. The van der Waals surface area contributed by atoms with E-state index in [9.17, 15) is 9.18 Å². The Morgan fingerprint density at radius 2 is 2.50 bits per heavy atom. The summed E-state index contributed by atoms with van der Waals surface area (Å²) in [4.78, 5) is 9.32. The van der Waals surface area contributed by atoms with E-state index >= 15 is 0 Å². The smallest absolute Gasteiger partial charge is 0.155 e. The summed E-state index contributed by atoms with van der Waals surface area (Å²) < 4.78 is 11.4. The van der Waals surface area contributed by atoms with Crippen molar-refractivity contribution in [1.29, 1.82) is 0 Å². The van der Waals surface area contributed by atoms with Gasteiger partial charge < -0.3 is 4.79 Å². The molecule has 35 valence electrons. The van der Waals surface area contributed by atoms with Gasteiger partial charge in [-0.3, -0.25) is 0 Å². The van der Waals surface area contributed by atoms with Crippen molar-refractivity contribution in [3.8, 4) is 0 Å². The topological polar surface area (TPSA) is 17.1 Å². The summed E-state index contributed by atoms with van der Waals surface area (Å²) in [5.41, 5.74) is 0. The molecular formula is C4H6FO. The Hall–Kier alpha value is -0.400. The largest absolute Gasteiger partial charge is 0.300 e. The maximum absolute atomic E-state index is 11.4. The van der Waals surface area contributed by atoms with Gasteiger partial charge in [0, 0.05) is 0 Å². The average molecular weight is 89.1 g/mol. The minimum Gasteiger partial charge on any atom is -0.300 e. The van der Waals surface area contributed by atoms with Crippen molar-refractivity contribution < 1.29 is 9.18 Å². The van der Waals surface area contributed by atoms with Crippen molar-refractivity contribution in [3.05, 3.63) is 6.92 Å². The van der Waals surface area contributed by atoms with Crippen LogP contribution in [0, 0.1) is 6.92 Å². The van der Waals surface area contributed by atoms with Gasteiger partial charge in [0.15, 0.2) is 12.5 Å². The molecule has 0 aliphatic heterocycles. The number of hydrogen-bond donors (Lipinski definition) is 0. The molecule has 0 saturated carbocycles. The van der Waals surface area contributed by atoms with Gasteiger partial charge in [-0.25, -0.2) is 4.39 Å². The fourth-order valence-electron chi connectivity index (χ4n) is 0.0680. The van der Waals surface area contributed by atoms with Crippen molar-refractivity contribution in [1.82, 2.24) is 0 Å². The first-order valence-electron chi connectivity index (χ1n) is 1.70. The zero-order valence-electron chi connectivity index (χ0n) is 3.36. The molecular weight excluding hydrogens is 83.0 g/mol. The van der Waals surface area contributed by atoms with Crippen molar-refractivity contribution in [2.75, 3.05) is 0 Å². The molecule has 0 amide bonds. The normalized spacial score (nSPS) is 13.7. The number of carbonyl (C=O) groups is 1. The molecule has 2 heteroatoms. The molecule has 0 aromatic heterocycles. The second-order valence-corrected chi connectivity index (χ2v) is 0.941. The van der Waals surface area contributed by atoms with E-state index in [0.29, 0.717) is 0 Å². The molecule has 1 nitrogen and oxygen atoms in total. The van der Waals surface area contributed by atoms with E-state index in [2.05, 4.69) is 6.92 Å². The zero-order chi connectivity index (χ0) is 4.99. The van der Waals surface area contributed by atoms with Gasteiger partial charge in [-0.15, -0.1) is 0 Å². The van der Waals surface area contributed by atoms with E-state index in [-0.39, 0.29) is 12.7 Å². The molecule has 0 aliphatic carbocycles.